The first kappa shape index (κ1) is 17.5. The highest BCUT2D eigenvalue weighted by Gasteiger charge is 2.25. The minimum Gasteiger partial charge on any atom is -0.368 e. The largest absolute Gasteiger partial charge is 0.368 e. The van der Waals surface area contributed by atoms with Crippen LogP contribution in [0.25, 0.3) is 11.1 Å². The first-order valence-electron chi connectivity index (χ1n) is 9.19. The quantitative estimate of drug-likeness (QED) is 0.766. The zero-order valence-corrected chi connectivity index (χ0v) is 15.1. The molecule has 2 N–H and O–H groups in total. The lowest BCUT2D eigenvalue weighted by Crippen LogP contribution is -2.34. The predicted molar refractivity (Wildman–Crippen MR) is 103 cm³/mol. The first-order valence-corrected chi connectivity index (χ1v) is 9.19. The topological polar surface area (TPSA) is 67.9 Å². The summed E-state index contributed by atoms with van der Waals surface area (Å²) in [4.78, 5) is 15.6. The van der Waals surface area contributed by atoms with Gasteiger partial charge in [0.15, 0.2) is 0 Å². The number of aromatic nitrogens is 3. The summed E-state index contributed by atoms with van der Waals surface area (Å²) in [5.74, 6) is 0.279. The van der Waals surface area contributed by atoms with Crippen LogP contribution in [0.1, 0.15) is 30.1 Å². The van der Waals surface area contributed by atoms with Crippen molar-refractivity contribution in [3.63, 3.8) is 0 Å². The maximum atomic E-state index is 13.3. The van der Waals surface area contributed by atoms with Gasteiger partial charge < -0.3 is 5.73 Å². The Morgan fingerprint density at radius 2 is 1.96 bits per heavy atom. The number of benzene rings is 1. The van der Waals surface area contributed by atoms with E-state index in [1.807, 2.05) is 18.3 Å². The number of hydrogen-bond donors (Lipinski definition) is 1. The number of rotatable bonds is 4. The molecule has 5 nitrogen and oxygen atoms in total. The van der Waals surface area contributed by atoms with E-state index in [-0.39, 0.29) is 17.7 Å². The van der Waals surface area contributed by atoms with E-state index in [9.17, 15) is 4.39 Å². The Labute approximate surface area is 158 Å². The Balaban J connectivity index is 1.60. The van der Waals surface area contributed by atoms with Gasteiger partial charge in [-0.2, -0.15) is 0 Å². The van der Waals surface area contributed by atoms with Crippen molar-refractivity contribution in [3.8, 4) is 11.1 Å². The van der Waals surface area contributed by atoms with Crippen molar-refractivity contribution in [1.29, 1.82) is 0 Å². The summed E-state index contributed by atoms with van der Waals surface area (Å²) in [5.41, 5.74) is 9.74. The summed E-state index contributed by atoms with van der Waals surface area (Å²) < 4.78 is 13.3. The van der Waals surface area contributed by atoms with E-state index >= 15 is 0 Å². The number of anilines is 1. The maximum absolute atomic E-state index is 13.3. The second-order valence-electron chi connectivity index (χ2n) is 6.93. The van der Waals surface area contributed by atoms with Crippen molar-refractivity contribution in [2.24, 2.45) is 0 Å². The zero-order valence-electron chi connectivity index (χ0n) is 15.1. The molecule has 0 aliphatic carbocycles. The van der Waals surface area contributed by atoms with Crippen LogP contribution in [0.3, 0.4) is 0 Å². The molecule has 4 rings (SSSR count). The van der Waals surface area contributed by atoms with Gasteiger partial charge >= 0.3 is 0 Å². The van der Waals surface area contributed by atoms with Crippen molar-refractivity contribution >= 4 is 5.95 Å². The highest BCUT2D eigenvalue weighted by atomic mass is 19.1. The Bertz CT molecular complexity index is 898. The molecule has 1 saturated heterocycles. The lowest BCUT2D eigenvalue weighted by molar-refractivity contribution is 0.196. The molecule has 3 aromatic rings. The van der Waals surface area contributed by atoms with Crippen molar-refractivity contribution in [2.75, 3.05) is 18.8 Å². The van der Waals surface area contributed by atoms with Gasteiger partial charge in [0.05, 0.1) is 11.4 Å². The van der Waals surface area contributed by atoms with Gasteiger partial charge in [0.1, 0.15) is 5.82 Å². The average molecular weight is 363 g/mol. The van der Waals surface area contributed by atoms with Crippen LogP contribution in [-0.4, -0.2) is 32.9 Å². The van der Waals surface area contributed by atoms with Gasteiger partial charge in [-0.1, -0.05) is 18.2 Å². The van der Waals surface area contributed by atoms with Gasteiger partial charge in [-0.3, -0.25) is 9.88 Å². The second kappa shape index (κ2) is 7.80. The van der Waals surface area contributed by atoms with E-state index < -0.39 is 0 Å². The normalized spacial score (nSPS) is 17.7. The van der Waals surface area contributed by atoms with Crippen molar-refractivity contribution in [2.45, 2.75) is 25.3 Å². The van der Waals surface area contributed by atoms with E-state index in [2.05, 4.69) is 25.9 Å². The molecule has 0 saturated carbocycles. The molecular weight excluding hydrogens is 341 g/mol. The van der Waals surface area contributed by atoms with E-state index in [1.54, 1.807) is 18.3 Å². The minimum atomic E-state index is -0.254. The molecule has 0 bridgehead atoms. The van der Waals surface area contributed by atoms with E-state index in [0.717, 1.165) is 55.0 Å². The summed E-state index contributed by atoms with van der Waals surface area (Å²) in [6.45, 7) is 2.75. The SMILES string of the molecule is Nc1ncc(-c2ccc(F)cc2)c(C2CCCN(Cc3ccccn3)C2)n1. The number of hydrogen-bond acceptors (Lipinski definition) is 5. The van der Waals surface area contributed by atoms with Gasteiger partial charge in [0.25, 0.3) is 0 Å². The molecule has 0 radical (unpaired) electrons. The summed E-state index contributed by atoms with van der Waals surface area (Å²) >= 11 is 0. The zero-order chi connectivity index (χ0) is 18.6. The van der Waals surface area contributed by atoms with E-state index in [4.69, 9.17) is 5.73 Å². The minimum absolute atomic E-state index is 0.254. The molecule has 6 heteroatoms. The van der Waals surface area contributed by atoms with Crippen LogP contribution in [0.5, 0.6) is 0 Å². The maximum Gasteiger partial charge on any atom is 0.220 e. The highest BCUT2D eigenvalue weighted by Crippen LogP contribution is 2.33. The summed E-state index contributed by atoms with van der Waals surface area (Å²) in [7, 11) is 0. The van der Waals surface area contributed by atoms with Crippen LogP contribution in [0.15, 0.2) is 54.9 Å². The predicted octanol–water partition coefficient (Wildman–Crippen LogP) is 3.64. The molecule has 1 atom stereocenters. The standard InChI is InChI=1S/C21H22FN5/c22-17-8-6-15(7-9-17)19-12-25-21(23)26-20(19)16-4-3-11-27(13-16)14-18-5-1-2-10-24-18/h1-2,5-10,12,16H,3-4,11,13-14H2,(H2,23,25,26). The lowest BCUT2D eigenvalue weighted by Gasteiger charge is -2.33. The fourth-order valence-corrected chi connectivity index (χ4v) is 3.72. The van der Waals surface area contributed by atoms with Crippen LogP contribution in [0.4, 0.5) is 10.3 Å². The smallest absolute Gasteiger partial charge is 0.220 e. The molecule has 138 valence electrons. The Hall–Kier alpha value is -2.86. The Kier molecular flexibility index (Phi) is 5.07. The summed E-state index contributed by atoms with van der Waals surface area (Å²) in [5, 5.41) is 0. The monoisotopic (exact) mass is 363 g/mol. The van der Waals surface area contributed by atoms with Crippen molar-refractivity contribution in [3.05, 3.63) is 72.1 Å². The highest BCUT2D eigenvalue weighted by molar-refractivity contribution is 5.66. The Morgan fingerprint density at radius 1 is 1.11 bits per heavy atom. The molecule has 3 heterocycles. The molecule has 27 heavy (non-hydrogen) atoms. The number of pyridine rings is 1. The number of nitrogens with two attached hydrogens (primary N) is 1. The van der Waals surface area contributed by atoms with Crippen LogP contribution >= 0.6 is 0 Å². The third-order valence-corrected chi connectivity index (χ3v) is 5.00. The fraction of sp³-hybridized carbons (Fsp3) is 0.286. The van der Waals surface area contributed by atoms with E-state index in [0.29, 0.717) is 0 Å². The van der Waals surface area contributed by atoms with Gasteiger partial charge in [-0.05, 0) is 49.2 Å². The fourth-order valence-electron chi connectivity index (χ4n) is 3.72. The van der Waals surface area contributed by atoms with Gasteiger partial charge in [0.2, 0.25) is 5.95 Å². The van der Waals surface area contributed by atoms with Gasteiger partial charge in [0, 0.05) is 37.0 Å². The molecule has 1 aliphatic rings. The molecule has 2 aromatic heterocycles. The first-order chi connectivity index (χ1) is 13.2. The number of piperidine rings is 1. The van der Waals surface area contributed by atoms with Crippen LogP contribution in [0, 0.1) is 5.82 Å². The number of halogens is 1. The molecule has 0 spiro atoms. The average Bonchev–Trinajstić information content (AvgIpc) is 2.70. The summed E-state index contributed by atoms with van der Waals surface area (Å²) in [6.07, 6.45) is 5.71. The van der Waals surface area contributed by atoms with E-state index in [1.165, 1.54) is 12.1 Å². The van der Waals surface area contributed by atoms with Crippen LogP contribution < -0.4 is 5.73 Å². The molecule has 1 unspecified atom stereocenters. The molecule has 1 fully saturated rings. The number of nitrogens with zero attached hydrogens (tertiary/aromatic N) is 4. The third-order valence-electron chi connectivity index (χ3n) is 5.00. The van der Waals surface area contributed by atoms with Gasteiger partial charge in [-0.25, -0.2) is 14.4 Å². The molecular formula is C21H22FN5. The second-order valence-corrected chi connectivity index (χ2v) is 6.93. The molecule has 1 aliphatic heterocycles. The Morgan fingerprint density at radius 3 is 2.74 bits per heavy atom. The van der Waals surface area contributed by atoms with Crippen molar-refractivity contribution < 1.29 is 4.39 Å². The summed E-state index contributed by atoms with van der Waals surface area (Å²) in [6, 6.07) is 12.5. The molecule has 1 aromatic carbocycles. The molecule has 0 amide bonds. The van der Waals surface area contributed by atoms with Crippen molar-refractivity contribution in [1.82, 2.24) is 19.9 Å². The lowest BCUT2D eigenvalue weighted by atomic mass is 9.90. The van der Waals surface area contributed by atoms with Crippen LogP contribution in [0.2, 0.25) is 0 Å². The number of nitrogen functional groups attached to an aromatic ring is 1. The third kappa shape index (κ3) is 4.11. The van der Waals surface area contributed by atoms with Gasteiger partial charge in [-0.15, -0.1) is 0 Å². The van der Waals surface area contributed by atoms with Crippen LogP contribution in [-0.2, 0) is 6.54 Å². The number of likely N-dealkylation sites (tertiary alicyclic amines) is 1.